The molecule has 0 aromatic heterocycles. The van der Waals surface area contributed by atoms with Crippen LogP contribution in [-0.4, -0.2) is 28.1 Å². The first kappa shape index (κ1) is 16.6. The van der Waals surface area contributed by atoms with Gasteiger partial charge in [0.1, 0.15) is 5.78 Å². The molecule has 0 radical (unpaired) electrons. The first-order chi connectivity index (χ1) is 11.3. The predicted octanol–water partition coefficient (Wildman–Crippen LogP) is 3.27. The van der Waals surface area contributed by atoms with Crippen LogP contribution in [0.4, 0.5) is 0 Å². The highest BCUT2D eigenvalue weighted by atomic mass is 16.4. The highest BCUT2D eigenvalue weighted by Crippen LogP contribution is 2.67. The topological polar surface area (TPSA) is 74.6 Å². The van der Waals surface area contributed by atoms with Crippen LogP contribution in [0.5, 0.6) is 0 Å². The molecule has 2 N–H and O–H groups in total. The molecule has 0 aliphatic heterocycles. The third kappa shape index (κ3) is 2.07. The summed E-state index contributed by atoms with van der Waals surface area (Å²) in [5.74, 6) is 0.897. The number of carboxylic acids is 1. The van der Waals surface area contributed by atoms with E-state index in [1.165, 1.54) is 0 Å². The minimum absolute atomic E-state index is 0.0544. The van der Waals surface area contributed by atoms with Gasteiger partial charge in [-0.05, 0) is 73.0 Å². The Morgan fingerprint density at radius 3 is 2.58 bits per heavy atom. The van der Waals surface area contributed by atoms with Crippen molar-refractivity contribution in [1.29, 1.82) is 0 Å². The molecule has 4 nitrogen and oxygen atoms in total. The van der Waals surface area contributed by atoms with Crippen LogP contribution >= 0.6 is 0 Å². The van der Waals surface area contributed by atoms with Crippen molar-refractivity contribution in [2.75, 3.05) is 0 Å². The normalized spacial score (nSPS) is 53.9. The van der Waals surface area contributed by atoms with Gasteiger partial charge in [-0.2, -0.15) is 0 Å². The molecule has 4 rings (SSSR count). The average Bonchev–Trinajstić information content (AvgIpc) is 2.84. The molecule has 0 amide bonds. The fraction of sp³-hybridized carbons (Fsp3) is 0.900. The Balaban J connectivity index is 1.68. The van der Waals surface area contributed by atoms with E-state index in [2.05, 4.69) is 13.8 Å². The minimum Gasteiger partial charge on any atom is -0.481 e. The summed E-state index contributed by atoms with van der Waals surface area (Å²) >= 11 is 0. The van der Waals surface area contributed by atoms with Crippen LogP contribution in [0.3, 0.4) is 0 Å². The molecule has 4 heteroatoms. The molecular weight excluding hydrogens is 304 g/mol. The first-order valence-corrected chi connectivity index (χ1v) is 9.70. The maximum absolute atomic E-state index is 11.9. The molecule has 0 spiro atoms. The van der Waals surface area contributed by atoms with E-state index >= 15 is 0 Å². The molecule has 4 aliphatic rings. The number of aliphatic hydroxyl groups is 1. The Morgan fingerprint density at radius 1 is 1.12 bits per heavy atom. The summed E-state index contributed by atoms with van der Waals surface area (Å²) in [5.41, 5.74) is -0.209. The second-order valence-electron chi connectivity index (χ2n) is 9.56. The summed E-state index contributed by atoms with van der Waals surface area (Å²) in [5, 5.41) is 20.8. The van der Waals surface area contributed by atoms with Gasteiger partial charge in [0.15, 0.2) is 0 Å². The second-order valence-corrected chi connectivity index (χ2v) is 9.56. The van der Waals surface area contributed by atoms with Gasteiger partial charge in [-0.3, -0.25) is 9.59 Å². The molecule has 0 bridgehead atoms. The monoisotopic (exact) mass is 334 g/mol. The Morgan fingerprint density at radius 2 is 1.88 bits per heavy atom. The van der Waals surface area contributed by atoms with E-state index in [1.54, 1.807) is 0 Å². The van der Waals surface area contributed by atoms with Crippen molar-refractivity contribution in [2.24, 2.45) is 40.4 Å². The van der Waals surface area contributed by atoms with Crippen molar-refractivity contribution in [1.82, 2.24) is 0 Å². The van der Waals surface area contributed by atoms with Crippen molar-refractivity contribution in [2.45, 2.75) is 71.3 Å². The lowest BCUT2D eigenvalue weighted by molar-refractivity contribution is -0.178. The number of rotatable bonds is 1. The van der Waals surface area contributed by atoms with E-state index in [4.69, 9.17) is 0 Å². The Labute approximate surface area is 144 Å². The lowest BCUT2D eigenvalue weighted by atomic mass is 9.44. The van der Waals surface area contributed by atoms with Crippen molar-refractivity contribution in [3.05, 3.63) is 0 Å². The zero-order chi connectivity index (χ0) is 17.3. The molecule has 0 heterocycles. The zero-order valence-electron chi connectivity index (χ0n) is 14.8. The highest BCUT2D eigenvalue weighted by molar-refractivity contribution is 5.79. The number of fused-ring (bicyclic) bond motifs is 5. The first-order valence-electron chi connectivity index (χ1n) is 9.70. The number of Topliss-reactive ketones (excluding diaryl/α,β-unsaturated/α-hetero) is 1. The van der Waals surface area contributed by atoms with Gasteiger partial charge in [0.25, 0.3) is 0 Å². The quantitative estimate of drug-likeness (QED) is 0.772. The number of aliphatic carboxylic acids is 1. The number of hydrogen-bond acceptors (Lipinski definition) is 3. The number of carbonyl (C=O) groups excluding carboxylic acids is 1. The van der Waals surface area contributed by atoms with E-state index in [9.17, 15) is 19.8 Å². The third-order valence-corrected chi connectivity index (χ3v) is 8.71. The molecular formula is C20H30O4. The van der Waals surface area contributed by atoms with Crippen molar-refractivity contribution >= 4 is 11.8 Å². The number of carbonyl (C=O) groups is 2. The van der Waals surface area contributed by atoms with Crippen LogP contribution in [0.15, 0.2) is 0 Å². The van der Waals surface area contributed by atoms with Crippen molar-refractivity contribution in [3.8, 4) is 0 Å². The van der Waals surface area contributed by atoms with Gasteiger partial charge in [-0.1, -0.05) is 13.8 Å². The van der Waals surface area contributed by atoms with Crippen LogP contribution < -0.4 is 0 Å². The van der Waals surface area contributed by atoms with Gasteiger partial charge < -0.3 is 10.2 Å². The number of carboxylic acid groups (broad SMARTS) is 1. The minimum atomic E-state index is -0.686. The largest absolute Gasteiger partial charge is 0.481 e. The van der Waals surface area contributed by atoms with Crippen molar-refractivity contribution < 1.29 is 19.8 Å². The standard InChI is InChI=1S/C20H30O4/c1-19-8-7-12(21)9-11(19)3-4-13-14-5-6-15(18(23)24)20(14,2)10-16(22)17(13)19/h11,13-17,22H,3-10H2,1-2H3,(H,23,24). The SMILES string of the molecule is CC12CC(O)C3C(CCC4CC(=O)CCC43C)C1CCC2C(=O)O. The number of hydrogen-bond donors (Lipinski definition) is 2. The molecule has 0 aromatic rings. The molecule has 4 saturated carbocycles. The highest BCUT2D eigenvalue weighted by Gasteiger charge is 2.64. The summed E-state index contributed by atoms with van der Waals surface area (Å²) in [6.45, 7) is 4.41. The smallest absolute Gasteiger partial charge is 0.307 e. The Bertz CT molecular complexity index is 572. The van der Waals surface area contributed by atoms with Crippen molar-refractivity contribution in [3.63, 3.8) is 0 Å². The summed E-state index contributed by atoms with van der Waals surface area (Å²) in [6, 6.07) is 0. The molecule has 0 aromatic carbocycles. The fourth-order valence-electron chi connectivity index (χ4n) is 7.58. The second kappa shape index (κ2) is 5.30. The summed E-state index contributed by atoms with van der Waals surface area (Å²) in [4.78, 5) is 23.7. The van der Waals surface area contributed by atoms with E-state index in [1.807, 2.05) is 0 Å². The number of ketones is 1. The van der Waals surface area contributed by atoms with Crippen LogP contribution in [0.25, 0.3) is 0 Å². The molecule has 24 heavy (non-hydrogen) atoms. The van der Waals surface area contributed by atoms with Gasteiger partial charge in [-0.25, -0.2) is 0 Å². The average molecular weight is 334 g/mol. The third-order valence-electron chi connectivity index (χ3n) is 8.71. The maximum Gasteiger partial charge on any atom is 0.307 e. The van der Waals surface area contributed by atoms with Crippen LogP contribution in [0.1, 0.15) is 65.2 Å². The summed E-state index contributed by atoms with van der Waals surface area (Å²) < 4.78 is 0. The Hall–Kier alpha value is -0.900. The molecule has 4 aliphatic carbocycles. The molecule has 8 atom stereocenters. The van der Waals surface area contributed by atoms with E-state index in [0.717, 1.165) is 32.1 Å². The maximum atomic E-state index is 11.9. The summed E-state index contributed by atoms with van der Waals surface area (Å²) in [6.07, 6.45) is 6.31. The molecule has 8 unspecified atom stereocenters. The Kier molecular flexibility index (Phi) is 3.66. The molecule has 4 fully saturated rings. The number of aliphatic hydroxyl groups excluding tert-OH is 1. The predicted molar refractivity (Wildman–Crippen MR) is 89.2 cm³/mol. The van der Waals surface area contributed by atoms with Gasteiger partial charge in [0.05, 0.1) is 12.0 Å². The van der Waals surface area contributed by atoms with E-state index in [-0.39, 0.29) is 22.7 Å². The fourth-order valence-corrected chi connectivity index (χ4v) is 7.58. The van der Waals surface area contributed by atoms with E-state index < -0.39 is 12.1 Å². The summed E-state index contributed by atoms with van der Waals surface area (Å²) in [7, 11) is 0. The van der Waals surface area contributed by atoms with Gasteiger partial charge in [0.2, 0.25) is 0 Å². The van der Waals surface area contributed by atoms with Crippen LogP contribution in [0, 0.1) is 40.4 Å². The van der Waals surface area contributed by atoms with E-state index in [0.29, 0.717) is 42.8 Å². The molecule has 0 saturated heterocycles. The molecule has 134 valence electrons. The zero-order valence-corrected chi connectivity index (χ0v) is 14.8. The van der Waals surface area contributed by atoms with Gasteiger partial charge >= 0.3 is 5.97 Å². The lowest BCUT2D eigenvalue weighted by Gasteiger charge is -2.61. The van der Waals surface area contributed by atoms with Gasteiger partial charge in [-0.15, -0.1) is 0 Å². The lowest BCUT2D eigenvalue weighted by Crippen LogP contribution is -2.59. The van der Waals surface area contributed by atoms with Gasteiger partial charge in [0, 0.05) is 12.8 Å². The van der Waals surface area contributed by atoms with Crippen LogP contribution in [-0.2, 0) is 9.59 Å². The van der Waals surface area contributed by atoms with Crippen LogP contribution in [0.2, 0.25) is 0 Å².